The van der Waals surface area contributed by atoms with E-state index in [4.69, 9.17) is 0 Å². The molecule has 0 aliphatic heterocycles. The quantitative estimate of drug-likeness (QED) is 0.185. The summed E-state index contributed by atoms with van der Waals surface area (Å²) in [6.07, 6.45) is 0. The Morgan fingerprint density at radius 2 is 2.18 bits per heavy atom. The molecule has 1 atom stereocenters. The summed E-state index contributed by atoms with van der Waals surface area (Å²) in [5.74, 6) is -0.157. The van der Waals surface area contributed by atoms with Gasteiger partial charge in [-0.2, -0.15) is 2.79 Å². The van der Waals surface area contributed by atoms with E-state index in [9.17, 15) is 10.0 Å². The predicted octanol–water partition coefficient (Wildman–Crippen LogP) is -1.52. The molecule has 0 saturated carbocycles. The van der Waals surface area contributed by atoms with Crippen LogP contribution in [0.3, 0.4) is 0 Å². The van der Waals surface area contributed by atoms with Gasteiger partial charge in [0.05, 0.1) is 21.0 Å². The van der Waals surface area contributed by atoms with E-state index in [1.54, 1.807) is 16.9 Å². The van der Waals surface area contributed by atoms with Crippen LogP contribution < -0.4 is 10.4 Å². The van der Waals surface area contributed by atoms with Gasteiger partial charge in [0.2, 0.25) is 22.9 Å². The molecule has 0 aliphatic rings. The standard InChI is InChI=1S/C5H10IN3O2/c1-4(10)9(11)5(7-2)8(3)6/h9H,1-3H3/p+1. The van der Waals surface area contributed by atoms with Gasteiger partial charge < -0.3 is 5.21 Å². The fourth-order valence-corrected chi connectivity index (χ4v) is 1.03. The van der Waals surface area contributed by atoms with Crippen molar-refractivity contribution in [2.45, 2.75) is 6.92 Å². The van der Waals surface area contributed by atoms with Crippen LogP contribution in [-0.4, -0.2) is 28.8 Å². The van der Waals surface area contributed by atoms with Gasteiger partial charge >= 0.3 is 11.9 Å². The number of nitrogens with zero attached hydrogens (tertiary/aromatic N) is 1. The largest absolute Gasteiger partial charge is 0.616 e. The highest BCUT2D eigenvalue weighted by atomic mass is 127. The molecule has 0 radical (unpaired) electrons. The van der Waals surface area contributed by atoms with Crippen molar-refractivity contribution in [1.82, 2.24) is 5.32 Å². The van der Waals surface area contributed by atoms with Gasteiger partial charge in [0, 0.05) is 0 Å². The molecule has 0 bridgehead atoms. The minimum absolute atomic E-state index is 0.304. The van der Waals surface area contributed by atoms with Gasteiger partial charge in [-0.3, -0.25) is 0 Å². The maximum Gasteiger partial charge on any atom is 0.458 e. The summed E-state index contributed by atoms with van der Waals surface area (Å²) in [5, 5.41) is 13.2. The summed E-state index contributed by atoms with van der Waals surface area (Å²) in [5.41, 5.74) is 0. The Morgan fingerprint density at radius 1 is 1.73 bits per heavy atom. The number of carbonyl (C=O) groups is 1. The van der Waals surface area contributed by atoms with Crippen molar-refractivity contribution in [1.29, 1.82) is 0 Å². The van der Waals surface area contributed by atoms with Crippen LogP contribution in [0.4, 0.5) is 0 Å². The number of hydroxylamine groups is 2. The van der Waals surface area contributed by atoms with Gasteiger partial charge in [0.25, 0.3) is 0 Å². The zero-order valence-corrected chi connectivity index (χ0v) is 8.80. The van der Waals surface area contributed by atoms with Crippen molar-refractivity contribution >= 4 is 34.7 Å². The molecule has 0 rings (SSSR count). The molecule has 11 heavy (non-hydrogen) atoms. The predicted molar refractivity (Wildman–Crippen MR) is 49.3 cm³/mol. The van der Waals surface area contributed by atoms with Crippen molar-refractivity contribution in [3.05, 3.63) is 5.21 Å². The number of amides is 1. The first-order chi connectivity index (χ1) is 5.00. The maximum atomic E-state index is 11.0. The number of nitrogens with one attached hydrogen (secondary N) is 2. The van der Waals surface area contributed by atoms with Crippen LogP contribution in [-0.2, 0) is 4.79 Å². The molecule has 0 aliphatic carbocycles. The first kappa shape index (κ1) is 10.8. The second kappa shape index (κ2) is 4.62. The molecular formula is C5H11IN3O2+. The van der Waals surface area contributed by atoms with Gasteiger partial charge in [-0.05, 0) is 0 Å². The van der Waals surface area contributed by atoms with Gasteiger partial charge in [-0.1, -0.05) is 0 Å². The lowest BCUT2D eigenvalue weighted by molar-refractivity contribution is -0.685. The molecule has 0 fully saturated rings. The lowest BCUT2D eigenvalue weighted by Crippen LogP contribution is -3.14. The third-order valence-corrected chi connectivity index (χ3v) is 1.56. The number of hydrogen-bond acceptors (Lipinski definition) is 2. The first-order valence-corrected chi connectivity index (χ1v) is 3.96. The van der Waals surface area contributed by atoms with E-state index in [0.717, 1.165) is 0 Å². The zero-order chi connectivity index (χ0) is 9.02. The lowest BCUT2D eigenvalue weighted by atomic mass is 10.7. The maximum absolute atomic E-state index is 11.0. The van der Waals surface area contributed by atoms with E-state index in [1.165, 1.54) is 6.92 Å². The van der Waals surface area contributed by atoms with Crippen molar-refractivity contribution in [3.8, 4) is 0 Å². The summed E-state index contributed by atoms with van der Waals surface area (Å²) in [7, 11) is 3.29. The molecule has 0 saturated heterocycles. The van der Waals surface area contributed by atoms with Crippen molar-refractivity contribution in [3.63, 3.8) is 0 Å². The molecule has 0 aromatic carbocycles. The number of rotatable bonds is 0. The third kappa shape index (κ3) is 3.12. The van der Waals surface area contributed by atoms with E-state index >= 15 is 0 Å². The van der Waals surface area contributed by atoms with E-state index < -0.39 is 11.0 Å². The van der Waals surface area contributed by atoms with Crippen LogP contribution in [0.1, 0.15) is 6.92 Å². The van der Waals surface area contributed by atoms with Crippen LogP contribution in [0.15, 0.2) is 0 Å². The molecule has 5 nitrogen and oxygen atoms in total. The monoisotopic (exact) mass is 272 g/mol. The molecule has 0 spiro atoms. The average molecular weight is 272 g/mol. The fourth-order valence-electron chi connectivity index (χ4n) is 0.574. The second-order valence-corrected chi connectivity index (χ2v) is 3.41. The van der Waals surface area contributed by atoms with Crippen LogP contribution in [0.5, 0.6) is 0 Å². The number of hydrogen-bond donors (Lipinski definition) is 2. The van der Waals surface area contributed by atoms with Crippen LogP contribution in [0.25, 0.3) is 0 Å². The van der Waals surface area contributed by atoms with Gasteiger partial charge in [-0.25, -0.2) is 15.2 Å². The van der Waals surface area contributed by atoms with Gasteiger partial charge in [0.1, 0.15) is 0 Å². The normalized spacial score (nSPS) is 15.4. The third-order valence-electron chi connectivity index (χ3n) is 1.08. The molecule has 0 aromatic rings. The molecule has 0 aromatic heterocycles. The Morgan fingerprint density at radius 3 is 2.27 bits per heavy atom. The Hall–Kier alpha value is -0.210. The Balaban J connectivity index is 4.53. The first-order valence-electron chi connectivity index (χ1n) is 3.00. The van der Waals surface area contributed by atoms with Crippen molar-refractivity contribution in [2.24, 2.45) is 0 Å². The molecule has 1 unspecified atom stereocenters. The van der Waals surface area contributed by atoms with E-state index in [0.29, 0.717) is 5.96 Å². The Labute approximate surface area is 79.1 Å². The summed E-state index contributed by atoms with van der Waals surface area (Å²) in [4.78, 5) is 10.6. The lowest BCUT2D eigenvalue weighted by Gasteiger charge is -2.13. The average Bonchev–Trinajstić information content (AvgIpc) is 1.88. The van der Waals surface area contributed by atoms with E-state index in [-0.39, 0.29) is 0 Å². The second-order valence-electron chi connectivity index (χ2n) is 1.96. The fraction of sp³-hybridized carbons (Fsp3) is 0.600. The van der Waals surface area contributed by atoms with Crippen molar-refractivity contribution in [2.75, 3.05) is 14.1 Å². The van der Waals surface area contributed by atoms with Crippen LogP contribution >= 0.6 is 22.9 Å². The highest BCUT2D eigenvalue weighted by Crippen LogP contribution is 1.77. The van der Waals surface area contributed by atoms with E-state index in [1.807, 2.05) is 22.9 Å². The molecular weight excluding hydrogens is 261 g/mol. The number of carbonyl (C=O) groups excluding carboxylic acids is 1. The Bertz CT molecular complexity index is 188. The highest BCUT2D eigenvalue weighted by molar-refractivity contribution is 14.1. The van der Waals surface area contributed by atoms with E-state index in [2.05, 4.69) is 5.32 Å². The molecule has 2 N–H and O–H groups in total. The Kier molecular flexibility index (Phi) is 4.54. The topological polar surface area (TPSA) is 59.6 Å². The smallest absolute Gasteiger partial charge is 0.458 e. The molecule has 0 heterocycles. The van der Waals surface area contributed by atoms with Crippen LogP contribution in [0.2, 0.25) is 0 Å². The molecule has 1 amide bonds. The number of guanidine groups is 1. The number of quaternary nitrogens is 1. The van der Waals surface area contributed by atoms with Gasteiger partial charge in [0.15, 0.2) is 0 Å². The highest BCUT2D eigenvalue weighted by Gasteiger charge is 2.19. The van der Waals surface area contributed by atoms with Crippen LogP contribution in [0, 0.1) is 5.21 Å². The molecule has 6 heteroatoms. The summed E-state index contributed by atoms with van der Waals surface area (Å²) in [6, 6.07) is 0. The van der Waals surface area contributed by atoms with Crippen molar-refractivity contribution < 1.29 is 12.6 Å². The minimum atomic E-state index is -0.496. The number of halogens is 1. The summed E-state index contributed by atoms with van der Waals surface area (Å²) in [6.45, 7) is 1.25. The van der Waals surface area contributed by atoms with Gasteiger partial charge in [-0.15, -0.1) is 0 Å². The zero-order valence-electron chi connectivity index (χ0n) is 6.64. The molecule has 64 valence electrons. The summed E-state index contributed by atoms with van der Waals surface area (Å²) < 4.78 is 1.54. The summed E-state index contributed by atoms with van der Waals surface area (Å²) >= 11 is 1.91. The SMILES string of the molecule is CNC(=[N+](C)I)[NH+]([O-])C(C)=O. The minimum Gasteiger partial charge on any atom is -0.616 e.